The first-order valence-corrected chi connectivity index (χ1v) is 6.44. The van der Waals surface area contributed by atoms with Crippen LogP contribution in [0.5, 0.6) is 6.01 Å². The zero-order chi connectivity index (χ0) is 14.4. The van der Waals surface area contributed by atoms with Crippen molar-refractivity contribution in [3.8, 4) is 6.01 Å². The van der Waals surface area contributed by atoms with Crippen LogP contribution in [0.2, 0.25) is 0 Å². The van der Waals surface area contributed by atoms with Crippen molar-refractivity contribution in [1.29, 1.82) is 0 Å². The smallest absolute Gasteiger partial charge is 0.323 e. The van der Waals surface area contributed by atoms with E-state index < -0.39 is 0 Å². The molecule has 2 N–H and O–H groups in total. The highest BCUT2D eigenvalue weighted by Gasteiger charge is 2.06. The average Bonchev–Trinajstić information content (AvgIpc) is 2.45. The van der Waals surface area contributed by atoms with E-state index in [1.54, 1.807) is 7.05 Å². The van der Waals surface area contributed by atoms with Gasteiger partial charge < -0.3 is 15.4 Å². The zero-order valence-corrected chi connectivity index (χ0v) is 11.8. The largest absolute Gasteiger partial charge is 0.464 e. The van der Waals surface area contributed by atoms with Crippen molar-refractivity contribution in [3.63, 3.8) is 0 Å². The molecule has 0 spiro atoms. The minimum absolute atomic E-state index is 0.298. The number of aryl methyl sites for hydroxylation is 1. The topological polar surface area (TPSA) is 84.9 Å². The van der Waals surface area contributed by atoms with Crippen LogP contribution in [0.1, 0.15) is 18.3 Å². The predicted octanol–water partition coefficient (Wildman–Crippen LogP) is 1.63. The Morgan fingerprint density at radius 3 is 2.60 bits per heavy atom. The van der Waals surface area contributed by atoms with Gasteiger partial charge in [-0.1, -0.05) is 6.07 Å². The summed E-state index contributed by atoms with van der Waals surface area (Å²) in [6, 6.07) is 6.17. The Balaban J connectivity index is 2.10. The quantitative estimate of drug-likeness (QED) is 0.828. The summed E-state index contributed by atoms with van der Waals surface area (Å²) >= 11 is 0. The molecule has 0 saturated carbocycles. The van der Waals surface area contributed by atoms with Crippen molar-refractivity contribution >= 4 is 11.9 Å². The first-order valence-electron chi connectivity index (χ1n) is 6.44. The molecule has 0 radical (unpaired) electrons. The molecule has 106 valence electrons. The molecule has 0 aromatic carbocycles. The van der Waals surface area contributed by atoms with Crippen molar-refractivity contribution in [2.45, 2.75) is 20.4 Å². The van der Waals surface area contributed by atoms with Crippen LogP contribution in [-0.2, 0) is 6.54 Å². The van der Waals surface area contributed by atoms with Crippen LogP contribution in [0, 0.1) is 6.92 Å². The van der Waals surface area contributed by atoms with Gasteiger partial charge in [0.25, 0.3) is 0 Å². The lowest BCUT2D eigenvalue weighted by Gasteiger charge is -2.08. The van der Waals surface area contributed by atoms with E-state index in [0.29, 0.717) is 31.1 Å². The number of pyridine rings is 1. The highest BCUT2D eigenvalue weighted by molar-refractivity contribution is 5.35. The number of hydrogen-bond acceptors (Lipinski definition) is 7. The van der Waals surface area contributed by atoms with Gasteiger partial charge in [-0.25, -0.2) is 0 Å². The maximum Gasteiger partial charge on any atom is 0.323 e. The third-order valence-electron chi connectivity index (χ3n) is 2.49. The summed E-state index contributed by atoms with van der Waals surface area (Å²) in [7, 11) is 1.75. The van der Waals surface area contributed by atoms with Gasteiger partial charge >= 0.3 is 6.01 Å². The summed E-state index contributed by atoms with van der Waals surface area (Å²) in [5.41, 5.74) is 1.90. The van der Waals surface area contributed by atoms with Crippen molar-refractivity contribution in [1.82, 2.24) is 19.9 Å². The summed E-state index contributed by atoms with van der Waals surface area (Å²) in [6.45, 7) is 4.89. The molecule has 0 aliphatic rings. The Hall–Kier alpha value is -2.44. The minimum atomic E-state index is 0.298. The van der Waals surface area contributed by atoms with E-state index in [2.05, 4.69) is 30.6 Å². The standard InChI is InChI=1S/C13H18N6O/c1-4-20-13-18-11(14-3)17-12(19-13)15-8-10-7-5-6-9(2)16-10/h5-7H,4,8H2,1-3H3,(H2,14,15,17,18,19). The lowest BCUT2D eigenvalue weighted by molar-refractivity contribution is 0.312. The van der Waals surface area contributed by atoms with E-state index in [0.717, 1.165) is 11.4 Å². The van der Waals surface area contributed by atoms with Crippen LogP contribution in [0.3, 0.4) is 0 Å². The molecule has 7 heteroatoms. The molecule has 0 atom stereocenters. The Labute approximate surface area is 117 Å². The fourth-order valence-electron chi connectivity index (χ4n) is 1.61. The van der Waals surface area contributed by atoms with Crippen molar-refractivity contribution in [2.24, 2.45) is 0 Å². The normalized spacial score (nSPS) is 10.2. The van der Waals surface area contributed by atoms with Crippen molar-refractivity contribution in [3.05, 3.63) is 29.6 Å². The zero-order valence-electron chi connectivity index (χ0n) is 11.8. The first kappa shape index (κ1) is 14.0. The van der Waals surface area contributed by atoms with Gasteiger partial charge in [-0.2, -0.15) is 15.0 Å². The highest BCUT2D eigenvalue weighted by Crippen LogP contribution is 2.11. The van der Waals surface area contributed by atoms with Crippen LogP contribution >= 0.6 is 0 Å². The Bertz CT molecular complexity index is 575. The average molecular weight is 274 g/mol. The van der Waals surface area contributed by atoms with E-state index >= 15 is 0 Å². The molecule has 2 rings (SSSR count). The second-order valence-electron chi connectivity index (χ2n) is 4.07. The molecule has 2 heterocycles. The number of ether oxygens (including phenoxy) is 1. The molecule has 0 saturated heterocycles. The third-order valence-corrected chi connectivity index (χ3v) is 2.49. The van der Waals surface area contributed by atoms with E-state index in [1.165, 1.54) is 0 Å². The highest BCUT2D eigenvalue weighted by atomic mass is 16.5. The van der Waals surface area contributed by atoms with Crippen LogP contribution in [-0.4, -0.2) is 33.6 Å². The molecule has 0 aliphatic carbocycles. The second-order valence-corrected chi connectivity index (χ2v) is 4.07. The lowest BCUT2D eigenvalue weighted by atomic mass is 10.3. The number of nitrogens with zero attached hydrogens (tertiary/aromatic N) is 4. The minimum Gasteiger partial charge on any atom is -0.464 e. The number of hydrogen-bond donors (Lipinski definition) is 2. The molecule has 0 unspecified atom stereocenters. The number of nitrogens with one attached hydrogen (secondary N) is 2. The Morgan fingerprint density at radius 2 is 1.90 bits per heavy atom. The van der Waals surface area contributed by atoms with E-state index in [1.807, 2.05) is 32.0 Å². The Morgan fingerprint density at radius 1 is 1.10 bits per heavy atom. The predicted molar refractivity (Wildman–Crippen MR) is 76.8 cm³/mol. The van der Waals surface area contributed by atoms with Gasteiger partial charge in [0, 0.05) is 12.7 Å². The summed E-state index contributed by atoms with van der Waals surface area (Å²) in [5.74, 6) is 0.916. The molecular weight excluding hydrogens is 256 g/mol. The van der Waals surface area contributed by atoms with Gasteiger partial charge in [0.15, 0.2) is 0 Å². The van der Waals surface area contributed by atoms with Crippen molar-refractivity contribution in [2.75, 3.05) is 24.3 Å². The molecule has 2 aromatic heterocycles. The van der Waals surface area contributed by atoms with Crippen LogP contribution in [0.25, 0.3) is 0 Å². The number of rotatable bonds is 6. The SMILES string of the molecule is CCOc1nc(NC)nc(NCc2cccc(C)n2)n1. The fraction of sp³-hybridized carbons (Fsp3) is 0.385. The van der Waals surface area contributed by atoms with Gasteiger partial charge in [0.1, 0.15) is 0 Å². The summed E-state index contributed by atoms with van der Waals surface area (Å²) < 4.78 is 5.30. The first-order chi connectivity index (χ1) is 9.71. The molecule has 0 fully saturated rings. The molecular formula is C13H18N6O. The fourth-order valence-corrected chi connectivity index (χ4v) is 1.61. The molecule has 2 aromatic rings. The molecule has 0 aliphatic heterocycles. The summed E-state index contributed by atoms with van der Waals surface area (Å²) in [6.07, 6.45) is 0. The summed E-state index contributed by atoms with van der Waals surface area (Å²) in [5, 5.41) is 5.99. The monoisotopic (exact) mass is 274 g/mol. The molecule has 20 heavy (non-hydrogen) atoms. The van der Waals surface area contributed by atoms with Gasteiger partial charge in [-0.3, -0.25) is 4.98 Å². The molecule has 7 nitrogen and oxygen atoms in total. The number of aromatic nitrogens is 4. The molecule has 0 amide bonds. The Kier molecular flexibility index (Phi) is 4.65. The second kappa shape index (κ2) is 6.65. The van der Waals surface area contributed by atoms with E-state index in [-0.39, 0.29) is 0 Å². The van der Waals surface area contributed by atoms with Crippen LogP contribution < -0.4 is 15.4 Å². The van der Waals surface area contributed by atoms with Gasteiger partial charge in [0.2, 0.25) is 11.9 Å². The maximum atomic E-state index is 5.30. The van der Waals surface area contributed by atoms with E-state index in [4.69, 9.17) is 4.74 Å². The summed E-state index contributed by atoms with van der Waals surface area (Å²) in [4.78, 5) is 16.9. The van der Waals surface area contributed by atoms with E-state index in [9.17, 15) is 0 Å². The van der Waals surface area contributed by atoms with Crippen LogP contribution in [0.4, 0.5) is 11.9 Å². The van der Waals surface area contributed by atoms with Crippen molar-refractivity contribution < 1.29 is 4.74 Å². The van der Waals surface area contributed by atoms with Crippen LogP contribution in [0.15, 0.2) is 18.2 Å². The van der Waals surface area contributed by atoms with Gasteiger partial charge in [-0.15, -0.1) is 0 Å². The van der Waals surface area contributed by atoms with Gasteiger partial charge in [-0.05, 0) is 26.0 Å². The maximum absolute atomic E-state index is 5.30. The number of anilines is 2. The van der Waals surface area contributed by atoms with Gasteiger partial charge in [0.05, 0.1) is 18.8 Å². The third kappa shape index (κ3) is 3.78. The molecule has 0 bridgehead atoms. The lowest BCUT2D eigenvalue weighted by Crippen LogP contribution is -2.10.